The van der Waals surface area contributed by atoms with Crippen LogP contribution in [0, 0.1) is 0 Å². The van der Waals surface area contributed by atoms with Crippen molar-refractivity contribution in [3.05, 3.63) is 60.8 Å². The summed E-state index contributed by atoms with van der Waals surface area (Å²) in [6.07, 6.45) is 85.7. The first-order valence-electron chi connectivity index (χ1n) is 33.6. The number of ether oxygens (including phenoxy) is 1. The number of amides is 1. The highest BCUT2D eigenvalue weighted by atomic mass is 16.5. The van der Waals surface area contributed by atoms with Crippen LogP contribution in [-0.2, 0) is 14.3 Å². The van der Waals surface area contributed by atoms with Crippen molar-refractivity contribution in [1.82, 2.24) is 5.32 Å². The van der Waals surface area contributed by atoms with Crippen LogP contribution < -0.4 is 5.32 Å². The van der Waals surface area contributed by atoms with Crippen molar-refractivity contribution in [2.75, 3.05) is 13.2 Å². The molecule has 0 fully saturated rings. The summed E-state index contributed by atoms with van der Waals surface area (Å²) in [7, 11) is 0. The number of carbonyl (C=O) groups is 2. The Hall–Kier alpha value is -2.44. The average Bonchev–Trinajstić information content (AvgIpc) is 3.42. The minimum atomic E-state index is -0.846. The smallest absolute Gasteiger partial charge is 0.305 e. The standard InChI is InChI=1S/C70H129NO5/c1-3-5-7-9-11-13-15-17-18-32-35-39-42-46-50-54-58-62-68(73)67(66-72)71-69(74)63-59-55-51-47-43-40-36-33-30-28-26-24-22-20-19-21-23-25-27-29-31-34-37-41-45-49-53-57-61-65-76-70(75)64-60-56-52-48-44-38-16-14-12-10-8-6-4-2/h8,10,14,16,19,21,25,27,58,62,67-68,72-73H,3-7,9,11-13,15,17-18,20,22-24,26,28-57,59-61,63-66H2,1-2H3,(H,71,74)/b10-8-,16-14-,21-19-,27-25-,62-58+. The average molecular weight is 1060 g/mol. The quantitative estimate of drug-likeness (QED) is 0.0320. The molecule has 0 rings (SSSR count). The number of nitrogens with one attached hydrogen (secondary N) is 1. The second-order valence-electron chi connectivity index (χ2n) is 22.8. The van der Waals surface area contributed by atoms with Gasteiger partial charge in [0.1, 0.15) is 0 Å². The lowest BCUT2D eigenvalue weighted by atomic mass is 10.0. The molecule has 2 unspecified atom stereocenters. The van der Waals surface area contributed by atoms with Gasteiger partial charge in [-0.05, 0) is 89.9 Å². The van der Waals surface area contributed by atoms with Crippen LogP contribution in [0.4, 0.5) is 0 Å². The summed E-state index contributed by atoms with van der Waals surface area (Å²) < 4.78 is 5.47. The molecular weight excluding hydrogens is 935 g/mol. The Bertz CT molecular complexity index is 1320. The summed E-state index contributed by atoms with van der Waals surface area (Å²) in [6, 6.07) is -0.630. The Morgan fingerprint density at radius 3 is 1.05 bits per heavy atom. The van der Waals surface area contributed by atoms with E-state index in [1.165, 1.54) is 263 Å². The minimum Gasteiger partial charge on any atom is -0.466 e. The fraction of sp³-hybridized carbons (Fsp3) is 0.829. The Labute approximate surface area is 473 Å². The lowest BCUT2D eigenvalue weighted by Crippen LogP contribution is -2.45. The Morgan fingerprint density at radius 1 is 0.368 bits per heavy atom. The molecule has 0 bridgehead atoms. The predicted octanol–water partition coefficient (Wildman–Crippen LogP) is 21.5. The van der Waals surface area contributed by atoms with Gasteiger partial charge in [0.25, 0.3) is 0 Å². The van der Waals surface area contributed by atoms with Crippen LogP contribution in [0.1, 0.15) is 348 Å². The van der Waals surface area contributed by atoms with Gasteiger partial charge in [-0.2, -0.15) is 0 Å². The predicted molar refractivity (Wildman–Crippen MR) is 333 cm³/mol. The Balaban J connectivity index is 3.44. The van der Waals surface area contributed by atoms with E-state index in [0.29, 0.717) is 19.4 Å². The number of hydrogen-bond donors (Lipinski definition) is 3. The van der Waals surface area contributed by atoms with Crippen LogP contribution in [0.5, 0.6) is 0 Å². The summed E-state index contributed by atoms with van der Waals surface area (Å²) in [5.74, 6) is -0.0717. The van der Waals surface area contributed by atoms with Gasteiger partial charge >= 0.3 is 5.97 Å². The highest BCUT2D eigenvalue weighted by Crippen LogP contribution is 2.17. The highest BCUT2D eigenvalue weighted by molar-refractivity contribution is 5.76. The number of aliphatic hydroxyl groups is 2. The number of unbranched alkanes of at least 4 members (excludes halogenated alkanes) is 43. The minimum absolute atomic E-state index is 0.00412. The third-order valence-corrected chi connectivity index (χ3v) is 15.2. The molecule has 0 aliphatic rings. The molecule has 0 saturated carbocycles. The normalized spacial score (nSPS) is 12.9. The first kappa shape index (κ1) is 73.6. The molecular formula is C70H129NO5. The van der Waals surface area contributed by atoms with E-state index in [-0.39, 0.29) is 18.5 Å². The van der Waals surface area contributed by atoms with Crippen LogP contribution in [0.25, 0.3) is 0 Å². The van der Waals surface area contributed by atoms with Gasteiger partial charge in [-0.3, -0.25) is 9.59 Å². The topological polar surface area (TPSA) is 95.9 Å². The van der Waals surface area contributed by atoms with Gasteiger partial charge in [-0.25, -0.2) is 0 Å². The van der Waals surface area contributed by atoms with Gasteiger partial charge in [0.15, 0.2) is 0 Å². The maximum absolute atomic E-state index is 12.5. The first-order chi connectivity index (χ1) is 37.5. The molecule has 0 aliphatic heterocycles. The second-order valence-corrected chi connectivity index (χ2v) is 22.8. The number of esters is 1. The van der Waals surface area contributed by atoms with Crippen LogP contribution in [-0.4, -0.2) is 47.4 Å². The zero-order valence-corrected chi connectivity index (χ0v) is 50.7. The summed E-state index contributed by atoms with van der Waals surface area (Å²) in [6.45, 7) is 4.85. The summed E-state index contributed by atoms with van der Waals surface area (Å²) in [5, 5.41) is 23.2. The van der Waals surface area contributed by atoms with Gasteiger partial charge in [0.2, 0.25) is 5.91 Å². The SMILES string of the molecule is CCC/C=C\C/C=C\CCCCCCCC(=O)OCCCCCCCCCCC/C=C\C/C=C\CCCCCCCCCCCCCCCC(=O)NC(CO)C(O)/C=C/CCCCCCCCCCCCCCCCC. The third kappa shape index (κ3) is 60.8. The molecule has 76 heavy (non-hydrogen) atoms. The number of rotatable bonds is 62. The zero-order valence-electron chi connectivity index (χ0n) is 50.7. The third-order valence-electron chi connectivity index (χ3n) is 15.2. The van der Waals surface area contributed by atoms with Crippen molar-refractivity contribution in [2.45, 2.75) is 360 Å². The zero-order chi connectivity index (χ0) is 55.0. The molecule has 6 heteroatoms. The van der Waals surface area contributed by atoms with Crippen molar-refractivity contribution < 1.29 is 24.5 Å². The van der Waals surface area contributed by atoms with Crippen LogP contribution in [0.2, 0.25) is 0 Å². The Morgan fingerprint density at radius 2 is 0.684 bits per heavy atom. The maximum atomic E-state index is 12.5. The lowest BCUT2D eigenvalue weighted by molar-refractivity contribution is -0.143. The van der Waals surface area contributed by atoms with Crippen molar-refractivity contribution >= 4 is 11.9 Å². The second kappa shape index (κ2) is 65.1. The van der Waals surface area contributed by atoms with Gasteiger partial charge in [-0.15, -0.1) is 0 Å². The van der Waals surface area contributed by atoms with Crippen LogP contribution in [0.3, 0.4) is 0 Å². The molecule has 1 amide bonds. The molecule has 0 heterocycles. The van der Waals surface area contributed by atoms with Crippen LogP contribution >= 0.6 is 0 Å². The van der Waals surface area contributed by atoms with Gasteiger partial charge in [0, 0.05) is 12.8 Å². The van der Waals surface area contributed by atoms with Crippen molar-refractivity contribution in [3.63, 3.8) is 0 Å². The summed E-state index contributed by atoms with van der Waals surface area (Å²) in [4.78, 5) is 24.5. The Kier molecular flexibility index (Phi) is 63.0. The molecule has 2 atom stereocenters. The molecule has 0 saturated heterocycles. The van der Waals surface area contributed by atoms with E-state index >= 15 is 0 Å². The van der Waals surface area contributed by atoms with Gasteiger partial charge < -0.3 is 20.3 Å². The molecule has 0 aromatic heterocycles. The highest BCUT2D eigenvalue weighted by Gasteiger charge is 2.18. The van der Waals surface area contributed by atoms with E-state index < -0.39 is 12.1 Å². The van der Waals surface area contributed by atoms with Crippen LogP contribution in [0.15, 0.2) is 60.8 Å². The van der Waals surface area contributed by atoms with E-state index in [4.69, 9.17) is 4.74 Å². The fourth-order valence-corrected chi connectivity index (χ4v) is 10.1. The number of carbonyl (C=O) groups excluding carboxylic acids is 2. The van der Waals surface area contributed by atoms with Gasteiger partial charge in [0.05, 0.1) is 25.4 Å². The molecule has 0 radical (unpaired) electrons. The largest absolute Gasteiger partial charge is 0.466 e. The number of hydrogen-bond acceptors (Lipinski definition) is 5. The molecule has 3 N–H and O–H groups in total. The molecule has 0 aliphatic carbocycles. The molecule has 0 aromatic rings. The summed E-state index contributed by atoms with van der Waals surface area (Å²) >= 11 is 0. The van der Waals surface area contributed by atoms with Crippen molar-refractivity contribution in [1.29, 1.82) is 0 Å². The number of aliphatic hydroxyl groups excluding tert-OH is 2. The molecule has 6 nitrogen and oxygen atoms in total. The maximum Gasteiger partial charge on any atom is 0.305 e. The van der Waals surface area contributed by atoms with Crippen molar-refractivity contribution in [3.8, 4) is 0 Å². The lowest BCUT2D eigenvalue weighted by Gasteiger charge is -2.20. The number of allylic oxidation sites excluding steroid dienone is 9. The van der Waals surface area contributed by atoms with E-state index in [1.54, 1.807) is 6.08 Å². The van der Waals surface area contributed by atoms with E-state index in [9.17, 15) is 19.8 Å². The summed E-state index contributed by atoms with van der Waals surface area (Å²) in [5.41, 5.74) is 0. The van der Waals surface area contributed by atoms with Gasteiger partial charge in [-0.1, -0.05) is 306 Å². The molecule has 0 aromatic carbocycles. The van der Waals surface area contributed by atoms with E-state index in [1.807, 2.05) is 6.08 Å². The first-order valence-corrected chi connectivity index (χ1v) is 33.6. The monoisotopic (exact) mass is 1060 g/mol. The van der Waals surface area contributed by atoms with E-state index in [0.717, 1.165) is 57.8 Å². The molecule has 444 valence electrons. The van der Waals surface area contributed by atoms with Crippen molar-refractivity contribution in [2.24, 2.45) is 0 Å². The van der Waals surface area contributed by atoms with E-state index in [2.05, 4.69) is 67.8 Å². The fourth-order valence-electron chi connectivity index (χ4n) is 10.1. The molecule has 0 spiro atoms.